The van der Waals surface area contributed by atoms with Crippen molar-refractivity contribution in [3.8, 4) is 0 Å². The first kappa shape index (κ1) is 16.7. The third kappa shape index (κ3) is 3.57. The van der Waals surface area contributed by atoms with Crippen LogP contribution in [0.5, 0.6) is 0 Å². The van der Waals surface area contributed by atoms with Gasteiger partial charge in [-0.1, -0.05) is 0 Å². The summed E-state index contributed by atoms with van der Waals surface area (Å²) < 4.78 is 11.7. The molecule has 0 aliphatic rings. The number of carbonyl (C=O) groups excluding carboxylic acids is 1. The van der Waals surface area contributed by atoms with E-state index >= 15 is 0 Å². The smallest absolute Gasteiger partial charge is 0.323 e. The summed E-state index contributed by atoms with van der Waals surface area (Å²) in [7, 11) is 1.27. The first-order chi connectivity index (χ1) is 10.8. The van der Waals surface area contributed by atoms with Crippen molar-refractivity contribution >= 4 is 11.7 Å². The van der Waals surface area contributed by atoms with E-state index in [-0.39, 0.29) is 18.7 Å². The summed E-state index contributed by atoms with van der Waals surface area (Å²) in [6.45, 7) is 3.48. The van der Waals surface area contributed by atoms with Crippen LogP contribution in [0.3, 0.4) is 0 Å². The van der Waals surface area contributed by atoms with Gasteiger partial charge in [0, 0.05) is 6.42 Å². The molecule has 2 heterocycles. The second kappa shape index (κ2) is 6.61. The van der Waals surface area contributed by atoms with Gasteiger partial charge in [-0.2, -0.15) is 5.10 Å². The van der Waals surface area contributed by atoms with Gasteiger partial charge in [-0.3, -0.25) is 19.6 Å². The van der Waals surface area contributed by atoms with Crippen molar-refractivity contribution in [3.05, 3.63) is 45.2 Å². The molecule has 0 radical (unpaired) electrons. The van der Waals surface area contributed by atoms with Crippen LogP contribution in [0.1, 0.15) is 22.9 Å². The van der Waals surface area contributed by atoms with Crippen LogP contribution in [0.4, 0.5) is 5.69 Å². The number of rotatable bonds is 6. The molecule has 0 amide bonds. The van der Waals surface area contributed by atoms with E-state index in [1.807, 2.05) is 0 Å². The molecule has 1 unspecified atom stereocenters. The molecule has 2 aromatic heterocycles. The predicted molar refractivity (Wildman–Crippen MR) is 79.9 cm³/mol. The maximum atomic E-state index is 11.3. The Morgan fingerprint density at radius 3 is 2.70 bits per heavy atom. The summed E-state index contributed by atoms with van der Waals surface area (Å²) in [6, 6.07) is 2.63. The van der Waals surface area contributed by atoms with Crippen molar-refractivity contribution < 1.29 is 18.9 Å². The van der Waals surface area contributed by atoms with Gasteiger partial charge in [0.2, 0.25) is 0 Å². The number of furan rings is 1. The van der Waals surface area contributed by atoms with Crippen molar-refractivity contribution in [3.63, 3.8) is 0 Å². The standard InChI is InChI=1S/C14H18N4O5/c1-8-13(18(20)21)9(2)17(16-8)7-11-5-4-10(23-11)6-12(15)14(19)22-3/h4-5,12H,6-7,15H2,1-3H3. The van der Waals surface area contributed by atoms with E-state index in [0.29, 0.717) is 22.9 Å². The van der Waals surface area contributed by atoms with Crippen LogP contribution in [0.15, 0.2) is 16.5 Å². The van der Waals surface area contributed by atoms with Crippen LogP contribution < -0.4 is 5.73 Å². The van der Waals surface area contributed by atoms with Crippen LogP contribution in [0.2, 0.25) is 0 Å². The molecule has 0 spiro atoms. The van der Waals surface area contributed by atoms with Gasteiger partial charge >= 0.3 is 11.7 Å². The molecular formula is C14H18N4O5. The lowest BCUT2D eigenvalue weighted by Crippen LogP contribution is -2.33. The van der Waals surface area contributed by atoms with E-state index in [2.05, 4.69) is 9.84 Å². The Hall–Kier alpha value is -2.68. The van der Waals surface area contributed by atoms with Gasteiger partial charge in [-0.05, 0) is 26.0 Å². The minimum atomic E-state index is -0.797. The Kier molecular flexibility index (Phi) is 4.80. The third-order valence-electron chi connectivity index (χ3n) is 3.47. The van der Waals surface area contributed by atoms with E-state index in [0.717, 1.165) is 0 Å². The van der Waals surface area contributed by atoms with Crippen molar-refractivity contribution in [1.29, 1.82) is 0 Å². The van der Waals surface area contributed by atoms with Crippen LogP contribution in [-0.4, -0.2) is 33.8 Å². The topological polar surface area (TPSA) is 126 Å². The molecule has 2 N–H and O–H groups in total. The summed E-state index contributed by atoms with van der Waals surface area (Å²) in [5.41, 5.74) is 6.49. The fraction of sp³-hybridized carbons (Fsp3) is 0.429. The van der Waals surface area contributed by atoms with Gasteiger partial charge in [0.25, 0.3) is 0 Å². The summed E-state index contributed by atoms with van der Waals surface area (Å²) in [5.74, 6) is 0.587. The number of methoxy groups -OCH3 is 1. The van der Waals surface area contributed by atoms with E-state index in [9.17, 15) is 14.9 Å². The van der Waals surface area contributed by atoms with Crippen molar-refractivity contribution in [2.24, 2.45) is 5.73 Å². The Balaban J connectivity index is 2.12. The Bertz CT molecular complexity index is 734. The second-order valence-corrected chi connectivity index (χ2v) is 5.14. The highest BCUT2D eigenvalue weighted by Gasteiger charge is 2.22. The number of hydrogen-bond acceptors (Lipinski definition) is 7. The SMILES string of the molecule is COC(=O)C(N)Cc1ccc(Cn2nc(C)c([N+](=O)[O-])c2C)o1. The number of esters is 1. The highest BCUT2D eigenvalue weighted by molar-refractivity contribution is 5.75. The van der Waals surface area contributed by atoms with Gasteiger partial charge < -0.3 is 14.9 Å². The third-order valence-corrected chi connectivity index (χ3v) is 3.47. The van der Waals surface area contributed by atoms with Crippen molar-refractivity contribution in [2.75, 3.05) is 7.11 Å². The van der Waals surface area contributed by atoms with Crippen LogP contribution >= 0.6 is 0 Å². The highest BCUT2D eigenvalue weighted by atomic mass is 16.6. The molecule has 23 heavy (non-hydrogen) atoms. The maximum absolute atomic E-state index is 11.3. The molecule has 0 aromatic carbocycles. The van der Waals surface area contributed by atoms with Gasteiger partial charge in [-0.25, -0.2) is 0 Å². The Morgan fingerprint density at radius 2 is 2.13 bits per heavy atom. The molecule has 0 aliphatic carbocycles. The minimum Gasteiger partial charge on any atom is -0.468 e. The zero-order valence-corrected chi connectivity index (χ0v) is 13.1. The van der Waals surface area contributed by atoms with Crippen molar-refractivity contribution in [1.82, 2.24) is 9.78 Å². The zero-order valence-electron chi connectivity index (χ0n) is 13.1. The van der Waals surface area contributed by atoms with E-state index in [1.54, 1.807) is 26.0 Å². The molecule has 0 saturated heterocycles. The summed E-state index contributed by atoms with van der Waals surface area (Å²) in [5, 5.41) is 15.2. The molecule has 124 valence electrons. The molecule has 2 rings (SSSR count). The number of aryl methyl sites for hydroxylation is 1. The number of aromatic nitrogens is 2. The lowest BCUT2D eigenvalue weighted by Gasteiger charge is -2.06. The van der Waals surface area contributed by atoms with Gasteiger partial charge in [-0.15, -0.1) is 0 Å². The molecular weight excluding hydrogens is 304 g/mol. The molecule has 0 saturated carbocycles. The lowest BCUT2D eigenvalue weighted by molar-refractivity contribution is -0.386. The zero-order chi connectivity index (χ0) is 17.1. The highest BCUT2D eigenvalue weighted by Crippen LogP contribution is 2.23. The number of hydrogen-bond donors (Lipinski definition) is 1. The first-order valence-corrected chi connectivity index (χ1v) is 6.92. The van der Waals surface area contributed by atoms with E-state index < -0.39 is 16.9 Å². The fourth-order valence-electron chi connectivity index (χ4n) is 2.32. The molecule has 0 fully saturated rings. The number of nitro groups is 1. The number of nitrogens with zero attached hydrogens (tertiary/aromatic N) is 3. The predicted octanol–water partition coefficient (Wildman–Crippen LogP) is 1.09. The molecule has 9 heteroatoms. The minimum absolute atomic E-state index is 0.00416. The first-order valence-electron chi connectivity index (χ1n) is 6.92. The summed E-state index contributed by atoms with van der Waals surface area (Å²) >= 11 is 0. The van der Waals surface area contributed by atoms with Gasteiger partial charge in [0.05, 0.1) is 18.6 Å². The molecule has 0 aliphatic heterocycles. The van der Waals surface area contributed by atoms with E-state index in [1.165, 1.54) is 11.8 Å². The number of ether oxygens (including phenoxy) is 1. The maximum Gasteiger partial charge on any atom is 0.323 e. The number of nitrogens with two attached hydrogens (primary N) is 1. The molecule has 1 atom stereocenters. The monoisotopic (exact) mass is 322 g/mol. The normalized spacial score (nSPS) is 12.2. The Morgan fingerprint density at radius 1 is 1.48 bits per heavy atom. The van der Waals surface area contributed by atoms with Crippen LogP contribution in [0, 0.1) is 24.0 Å². The lowest BCUT2D eigenvalue weighted by atomic mass is 10.2. The van der Waals surface area contributed by atoms with Gasteiger partial charge in [0.1, 0.15) is 29.0 Å². The molecule has 9 nitrogen and oxygen atoms in total. The van der Waals surface area contributed by atoms with Crippen LogP contribution in [-0.2, 0) is 22.5 Å². The van der Waals surface area contributed by atoms with Gasteiger partial charge in [0.15, 0.2) is 0 Å². The summed E-state index contributed by atoms with van der Waals surface area (Å²) in [6.07, 6.45) is 0.212. The largest absolute Gasteiger partial charge is 0.468 e. The molecule has 2 aromatic rings. The number of carbonyl (C=O) groups is 1. The fourth-order valence-corrected chi connectivity index (χ4v) is 2.32. The quantitative estimate of drug-likeness (QED) is 0.479. The Labute approximate surface area is 132 Å². The average Bonchev–Trinajstić information content (AvgIpc) is 3.03. The average molecular weight is 322 g/mol. The molecule has 0 bridgehead atoms. The van der Waals surface area contributed by atoms with Crippen molar-refractivity contribution in [2.45, 2.75) is 32.9 Å². The second-order valence-electron chi connectivity index (χ2n) is 5.14. The van der Waals surface area contributed by atoms with E-state index in [4.69, 9.17) is 10.2 Å². The van der Waals surface area contributed by atoms with Crippen LogP contribution in [0.25, 0.3) is 0 Å². The summed E-state index contributed by atoms with van der Waals surface area (Å²) in [4.78, 5) is 21.8.